The van der Waals surface area contributed by atoms with Crippen molar-refractivity contribution < 1.29 is 38.9 Å². The minimum absolute atomic E-state index is 0.0231. The van der Waals surface area contributed by atoms with Gasteiger partial charge in [0.15, 0.2) is 0 Å². The van der Waals surface area contributed by atoms with Crippen molar-refractivity contribution in [3.63, 3.8) is 0 Å². The smallest absolute Gasteiger partial charge is 0.307 e. The van der Waals surface area contributed by atoms with Gasteiger partial charge in [-0.05, 0) is 12.8 Å². The minimum Gasteiger partial charge on any atom is -0.481 e. The molecule has 2 aliphatic rings. The molecule has 0 spiro atoms. The maximum atomic E-state index is 10.5. The fourth-order valence-corrected chi connectivity index (χ4v) is 1.78. The maximum absolute atomic E-state index is 10.5. The second-order valence-corrected chi connectivity index (χ2v) is 4.50. The van der Waals surface area contributed by atoms with Crippen molar-refractivity contribution in [3.8, 4) is 0 Å². The van der Waals surface area contributed by atoms with Crippen LogP contribution in [-0.2, 0) is 28.7 Å². The first-order valence-electron chi connectivity index (χ1n) is 6.17. The number of hydrogen-bond donors (Lipinski definition) is 2. The molecule has 0 radical (unpaired) electrons. The molecule has 2 N–H and O–H groups in total. The molecule has 0 amide bonds. The lowest BCUT2D eigenvalue weighted by molar-refractivity contribution is -0.157. The van der Waals surface area contributed by atoms with Crippen LogP contribution in [0.5, 0.6) is 0 Å². The van der Waals surface area contributed by atoms with Gasteiger partial charge in [0, 0.05) is 0 Å². The summed E-state index contributed by atoms with van der Waals surface area (Å²) in [6.07, 6.45) is 0.937. The largest absolute Gasteiger partial charge is 0.481 e. The lowest BCUT2D eigenvalue weighted by atomic mass is 10.0. The number of ether oxygens (including phenoxy) is 2. The van der Waals surface area contributed by atoms with E-state index in [-0.39, 0.29) is 26.1 Å². The summed E-state index contributed by atoms with van der Waals surface area (Å²) in [7, 11) is 0. The van der Waals surface area contributed by atoms with E-state index in [4.69, 9.17) is 10.2 Å². The van der Waals surface area contributed by atoms with Crippen molar-refractivity contribution in [1.82, 2.24) is 0 Å². The number of esters is 2. The topological polar surface area (TPSA) is 127 Å². The zero-order chi connectivity index (χ0) is 15.1. The van der Waals surface area contributed by atoms with Gasteiger partial charge >= 0.3 is 23.9 Å². The van der Waals surface area contributed by atoms with Crippen LogP contribution >= 0.6 is 0 Å². The van der Waals surface area contributed by atoms with E-state index in [1.165, 1.54) is 0 Å². The molecule has 0 aromatic carbocycles. The lowest BCUT2D eigenvalue weighted by Gasteiger charge is -2.16. The molecule has 0 saturated carbocycles. The molecule has 2 fully saturated rings. The first kappa shape index (κ1) is 15.9. The Labute approximate surface area is 114 Å². The predicted octanol–water partition coefficient (Wildman–Crippen LogP) is 0.0484. The fraction of sp³-hybridized carbons (Fsp3) is 0.667. The highest BCUT2D eigenvalue weighted by molar-refractivity contribution is 5.80. The number of rotatable bonds is 2. The van der Waals surface area contributed by atoms with E-state index in [1.54, 1.807) is 0 Å². The summed E-state index contributed by atoms with van der Waals surface area (Å²) in [5, 5.41) is 16.9. The Balaban J connectivity index is 0.000000200. The SMILES string of the molecule is O=C1CC(C(=O)O)CCO1.O=C1CC(C(=O)O)CCO1. The lowest BCUT2D eigenvalue weighted by Crippen LogP contribution is -2.26. The molecule has 0 bridgehead atoms. The Morgan fingerprint density at radius 1 is 0.850 bits per heavy atom. The molecule has 2 saturated heterocycles. The zero-order valence-electron chi connectivity index (χ0n) is 10.7. The molecule has 2 rings (SSSR count). The summed E-state index contributed by atoms with van der Waals surface area (Å²) in [5.74, 6) is -3.67. The van der Waals surface area contributed by atoms with Gasteiger partial charge in [-0.15, -0.1) is 0 Å². The number of hydrogen-bond acceptors (Lipinski definition) is 6. The molecule has 8 heteroatoms. The second-order valence-electron chi connectivity index (χ2n) is 4.50. The van der Waals surface area contributed by atoms with Crippen LogP contribution in [0.1, 0.15) is 25.7 Å². The monoisotopic (exact) mass is 288 g/mol. The predicted molar refractivity (Wildman–Crippen MR) is 62.6 cm³/mol. The first-order valence-corrected chi connectivity index (χ1v) is 6.17. The third-order valence-electron chi connectivity index (χ3n) is 2.98. The third kappa shape index (κ3) is 5.25. The van der Waals surface area contributed by atoms with Crippen LogP contribution in [0.2, 0.25) is 0 Å². The molecular formula is C12H16O8. The van der Waals surface area contributed by atoms with Crippen molar-refractivity contribution in [2.75, 3.05) is 13.2 Å². The van der Waals surface area contributed by atoms with Crippen molar-refractivity contribution in [2.45, 2.75) is 25.7 Å². The van der Waals surface area contributed by atoms with Gasteiger partial charge in [-0.1, -0.05) is 0 Å². The Hall–Kier alpha value is -2.12. The average molecular weight is 288 g/mol. The zero-order valence-corrected chi connectivity index (χ0v) is 10.7. The molecule has 20 heavy (non-hydrogen) atoms. The van der Waals surface area contributed by atoms with E-state index in [2.05, 4.69) is 9.47 Å². The normalized spacial score (nSPS) is 25.6. The number of aliphatic carboxylic acids is 2. The average Bonchev–Trinajstić information content (AvgIpc) is 2.39. The van der Waals surface area contributed by atoms with Crippen LogP contribution in [0.25, 0.3) is 0 Å². The van der Waals surface area contributed by atoms with Gasteiger partial charge in [-0.25, -0.2) is 0 Å². The molecule has 0 aromatic heterocycles. The summed E-state index contributed by atoms with van der Waals surface area (Å²) >= 11 is 0. The molecule has 2 unspecified atom stereocenters. The van der Waals surface area contributed by atoms with Gasteiger partial charge < -0.3 is 19.7 Å². The summed E-state index contributed by atoms with van der Waals surface area (Å²) in [6, 6.07) is 0. The van der Waals surface area contributed by atoms with Gasteiger partial charge in [0.25, 0.3) is 0 Å². The Kier molecular flexibility index (Phi) is 5.95. The Bertz CT molecular complexity index is 360. The maximum Gasteiger partial charge on any atom is 0.307 e. The standard InChI is InChI=1S/2C6H8O4/c2*7-5-3-4(6(8)9)1-2-10-5/h2*4H,1-3H2,(H,8,9). The second kappa shape index (κ2) is 7.46. The van der Waals surface area contributed by atoms with Gasteiger partial charge in [0.05, 0.1) is 37.9 Å². The molecule has 0 aromatic rings. The van der Waals surface area contributed by atoms with Crippen LogP contribution in [-0.4, -0.2) is 47.3 Å². The number of cyclic esters (lactones) is 2. The fourth-order valence-electron chi connectivity index (χ4n) is 1.78. The van der Waals surface area contributed by atoms with Gasteiger partial charge in [-0.2, -0.15) is 0 Å². The van der Waals surface area contributed by atoms with Gasteiger partial charge in [-0.3, -0.25) is 19.2 Å². The van der Waals surface area contributed by atoms with E-state index in [0.717, 1.165) is 0 Å². The highest BCUT2D eigenvalue weighted by atomic mass is 16.5. The van der Waals surface area contributed by atoms with Crippen molar-refractivity contribution in [3.05, 3.63) is 0 Å². The molecule has 2 heterocycles. The molecular weight excluding hydrogens is 272 g/mol. The Morgan fingerprint density at radius 3 is 1.40 bits per heavy atom. The number of carbonyl (C=O) groups excluding carboxylic acids is 2. The van der Waals surface area contributed by atoms with E-state index in [0.29, 0.717) is 12.8 Å². The van der Waals surface area contributed by atoms with Crippen molar-refractivity contribution >= 4 is 23.9 Å². The van der Waals surface area contributed by atoms with Gasteiger partial charge in [0.2, 0.25) is 0 Å². The summed E-state index contributed by atoms with van der Waals surface area (Å²) in [4.78, 5) is 41.6. The molecule has 2 atom stereocenters. The quantitative estimate of drug-likeness (QED) is 0.682. The molecule has 8 nitrogen and oxygen atoms in total. The van der Waals surface area contributed by atoms with Crippen molar-refractivity contribution in [2.24, 2.45) is 11.8 Å². The highest BCUT2D eigenvalue weighted by Gasteiger charge is 2.26. The van der Waals surface area contributed by atoms with E-state index < -0.39 is 35.7 Å². The number of carboxylic acids is 2. The molecule has 2 aliphatic heterocycles. The minimum atomic E-state index is -0.906. The van der Waals surface area contributed by atoms with Crippen LogP contribution < -0.4 is 0 Å². The highest BCUT2D eigenvalue weighted by Crippen LogP contribution is 2.15. The summed E-state index contributed by atoms with van der Waals surface area (Å²) < 4.78 is 9.11. The van der Waals surface area contributed by atoms with E-state index in [9.17, 15) is 19.2 Å². The van der Waals surface area contributed by atoms with Crippen molar-refractivity contribution in [1.29, 1.82) is 0 Å². The Morgan fingerprint density at radius 2 is 1.20 bits per heavy atom. The van der Waals surface area contributed by atoms with Crippen LogP contribution in [0.4, 0.5) is 0 Å². The van der Waals surface area contributed by atoms with Crippen LogP contribution in [0.15, 0.2) is 0 Å². The first-order chi connectivity index (χ1) is 9.40. The van der Waals surface area contributed by atoms with Gasteiger partial charge in [0.1, 0.15) is 0 Å². The summed E-state index contributed by atoms with van der Waals surface area (Å²) in [6.45, 7) is 0.492. The van der Waals surface area contributed by atoms with Crippen LogP contribution in [0.3, 0.4) is 0 Å². The molecule has 0 aliphatic carbocycles. The third-order valence-corrected chi connectivity index (χ3v) is 2.98. The summed E-state index contributed by atoms with van der Waals surface area (Å²) in [5.41, 5.74) is 0. The number of carbonyl (C=O) groups is 4. The van der Waals surface area contributed by atoms with Crippen LogP contribution in [0, 0.1) is 11.8 Å². The van der Waals surface area contributed by atoms with E-state index in [1.807, 2.05) is 0 Å². The van der Waals surface area contributed by atoms with E-state index >= 15 is 0 Å². The molecule has 112 valence electrons. The number of carboxylic acid groups (broad SMARTS) is 2.